The van der Waals surface area contributed by atoms with Crippen LogP contribution in [-0.4, -0.2) is 12.1 Å². The van der Waals surface area contributed by atoms with E-state index in [1.165, 1.54) is 18.9 Å². The summed E-state index contributed by atoms with van der Waals surface area (Å²) in [7, 11) is 0. The highest BCUT2D eigenvalue weighted by atomic mass is 19.1. The van der Waals surface area contributed by atoms with Gasteiger partial charge in [-0.25, -0.2) is 4.39 Å². The Morgan fingerprint density at radius 1 is 1.33 bits per heavy atom. The van der Waals surface area contributed by atoms with Crippen LogP contribution in [0.15, 0.2) is 24.3 Å². The van der Waals surface area contributed by atoms with Crippen LogP contribution in [0.3, 0.4) is 0 Å². The Morgan fingerprint density at radius 2 is 2.11 bits per heavy atom. The second-order valence-electron chi connectivity index (χ2n) is 6.85. The Bertz CT molecular complexity index is 400. The Balaban J connectivity index is 2.16. The normalized spacial score (nSPS) is 24.4. The van der Waals surface area contributed by atoms with Crippen molar-refractivity contribution in [1.82, 2.24) is 5.32 Å². The highest BCUT2D eigenvalue weighted by molar-refractivity contribution is 5.20. The molecule has 1 nitrogen and oxygen atoms in total. The Labute approximate surface area is 110 Å². The molecule has 1 aromatic carbocycles. The topological polar surface area (TPSA) is 12.0 Å². The molecule has 0 radical (unpaired) electrons. The Kier molecular flexibility index (Phi) is 3.76. The van der Waals surface area contributed by atoms with E-state index in [0.717, 1.165) is 24.9 Å². The molecule has 1 aromatic rings. The van der Waals surface area contributed by atoms with Crippen molar-refractivity contribution in [3.05, 3.63) is 35.6 Å². The maximum Gasteiger partial charge on any atom is 0.123 e. The van der Waals surface area contributed by atoms with Gasteiger partial charge in [-0.2, -0.15) is 0 Å². The van der Waals surface area contributed by atoms with Crippen molar-refractivity contribution in [2.45, 2.75) is 52.0 Å². The van der Waals surface area contributed by atoms with Gasteiger partial charge in [-0.05, 0) is 55.3 Å². The van der Waals surface area contributed by atoms with Gasteiger partial charge in [-0.1, -0.05) is 32.9 Å². The molecule has 2 rings (SSSR count). The van der Waals surface area contributed by atoms with Gasteiger partial charge in [0, 0.05) is 5.54 Å². The van der Waals surface area contributed by atoms with Crippen LogP contribution in [0, 0.1) is 11.2 Å². The summed E-state index contributed by atoms with van der Waals surface area (Å²) in [5.74, 6) is -0.128. The fourth-order valence-corrected chi connectivity index (χ4v) is 3.29. The molecule has 1 fully saturated rings. The average molecular weight is 249 g/mol. The molecule has 1 N–H and O–H groups in total. The van der Waals surface area contributed by atoms with Crippen molar-refractivity contribution in [1.29, 1.82) is 0 Å². The molecule has 1 unspecified atom stereocenters. The quantitative estimate of drug-likeness (QED) is 0.856. The number of nitrogens with one attached hydrogen (secondary N) is 1. The van der Waals surface area contributed by atoms with E-state index in [-0.39, 0.29) is 11.4 Å². The molecular formula is C16H24FN. The third kappa shape index (κ3) is 3.55. The smallest absolute Gasteiger partial charge is 0.123 e. The first-order valence-corrected chi connectivity index (χ1v) is 6.88. The van der Waals surface area contributed by atoms with Crippen LogP contribution in [0.4, 0.5) is 4.39 Å². The molecule has 0 bridgehead atoms. The van der Waals surface area contributed by atoms with E-state index in [1.807, 2.05) is 12.1 Å². The Hall–Kier alpha value is -0.890. The van der Waals surface area contributed by atoms with Gasteiger partial charge < -0.3 is 5.32 Å². The highest BCUT2D eigenvalue weighted by Crippen LogP contribution is 2.35. The molecule has 1 saturated heterocycles. The van der Waals surface area contributed by atoms with Crippen LogP contribution in [0.2, 0.25) is 0 Å². The van der Waals surface area contributed by atoms with Crippen molar-refractivity contribution in [2.75, 3.05) is 6.54 Å². The first kappa shape index (κ1) is 13.5. The van der Waals surface area contributed by atoms with Gasteiger partial charge in [0.25, 0.3) is 0 Å². The number of halogens is 1. The summed E-state index contributed by atoms with van der Waals surface area (Å²) < 4.78 is 13.3. The summed E-state index contributed by atoms with van der Waals surface area (Å²) in [5.41, 5.74) is 1.56. The maximum atomic E-state index is 13.3. The lowest BCUT2D eigenvalue weighted by Gasteiger charge is -2.36. The molecule has 0 amide bonds. The summed E-state index contributed by atoms with van der Waals surface area (Å²) >= 11 is 0. The summed E-state index contributed by atoms with van der Waals surface area (Å²) in [6.07, 6.45) is 4.49. The van der Waals surface area contributed by atoms with Gasteiger partial charge in [0.15, 0.2) is 0 Å². The first-order chi connectivity index (χ1) is 8.39. The lowest BCUT2D eigenvalue weighted by atomic mass is 9.76. The lowest BCUT2D eigenvalue weighted by Crippen LogP contribution is -2.45. The maximum absolute atomic E-state index is 13.3. The number of hydrogen-bond acceptors (Lipinski definition) is 1. The van der Waals surface area contributed by atoms with Crippen LogP contribution in [-0.2, 0) is 6.42 Å². The SMILES string of the molecule is CC(C)(C)CC1(Cc2cccc(F)c2)CCCN1. The highest BCUT2D eigenvalue weighted by Gasteiger charge is 2.36. The predicted molar refractivity (Wildman–Crippen MR) is 74.1 cm³/mol. The van der Waals surface area contributed by atoms with Crippen LogP contribution in [0.25, 0.3) is 0 Å². The lowest BCUT2D eigenvalue weighted by molar-refractivity contribution is 0.229. The van der Waals surface area contributed by atoms with Crippen molar-refractivity contribution < 1.29 is 4.39 Å². The molecule has 0 spiro atoms. The molecule has 1 heterocycles. The summed E-state index contributed by atoms with van der Waals surface area (Å²) in [5, 5.41) is 3.67. The van der Waals surface area contributed by atoms with Crippen LogP contribution >= 0.6 is 0 Å². The molecule has 0 saturated carbocycles. The van der Waals surface area contributed by atoms with Crippen LogP contribution < -0.4 is 5.32 Å². The summed E-state index contributed by atoms with van der Waals surface area (Å²) in [6.45, 7) is 7.92. The standard InChI is InChI=1S/C16H24FN/c1-15(2,3)12-16(8-5-9-18-16)11-13-6-4-7-14(17)10-13/h4,6-7,10,18H,5,8-9,11-12H2,1-3H3. The van der Waals surface area contributed by atoms with Crippen LogP contribution in [0.1, 0.15) is 45.6 Å². The van der Waals surface area contributed by atoms with Gasteiger partial charge >= 0.3 is 0 Å². The molecule has 100 valence electrons. The molecule has 18 heavy (non-hydrogen) atoms. The molecule has 1 atom stereocenters. The molecular weight excluding hydrogens is 225 g/mol. The molecule has 1 aliphatic rings. The van der Waals surface area contributed by atoms with E-state index < -0.39 is 0 Å². The van der Waals surface area contributed by atoms with Gasteiger partial charge in [0.1, 0.15) is 5.82 Å². The second-order valence-corrected chi connectivity index (χ2v) is 6.85. The van der Waals surface area contributed by atoms with Crippen molar-refractivity contribution >= 4 is 0 Å². The third-order valence-corrected chi connectivity index (χ3v) is 3.63. The minimum absolute atomic E-state index is 0.128. The average Bonchev–Trinajstić information content (AvgIpc) is 2.63. The fourth-order valence-electron chi connectivity index (χ4n) is 3.29. The zero-order valence-electron chi connectivity index (χ0n) is 11.7. The number of benzene rings is 1. The summed E-state index contributed by atoms with van der Waals surface area (Å²) in [4.78, 5) is 0. The van der Waals surface area contributed by atoms with Gasteiger partial charge in [0.05, 0.1) is 0 Å². The van der Waals surface area contributed by atoms with Gasteiger partial charge in [-0.15, -0.1) is 0 Å². The number of rotatable bonds is 3. The number of hydrogen-bond donors (Lipinski definition) is 1. The zero-order valence-corrected chi connectivity index (χ0v) is 11.7. The van der Waals surface area contributed by atoms with E-state index in [9.17, 15) is 4.39 Å². The van der Waals surface area contributed by atoms with Crippen molar-refractivity contribution in [2.24, 2.45) is 5.41 Å². The minimum atomic E-state index is -0.128. The van der Waals surface area contributed by atoms with E-state index in [1.54, 1.807) is 6.07 Å². The molecule has 2 heteroatoms. The molecule has 1 aliphatic heterocycles. The Morgan fingerprint density at radius 3 is 2.67 bits per heavy atom. The zero-order chi connectivity index (χ0) is 13.2. The van der Waals surface area contributed by atoms with Crippen molar-refractivity contribution in [3.8, 4) is 0 Å². The van der Waals surface area contributed by atoms with E-state index >= 15 is 0 Å². The van der Waals surface area contributed by atoms with E-state index in [0.29, 0.717) is 5.41 Å². The summed E-state index contributed by atoms with van der Waals surface area (Å²) in [6, 6.07) is 7.03. The van der Waals surface area contributed by atoms with Gasteiger partial charge in [0.2, 0.25) is 0 Å². The minimum Gasteiger partial charge on any atom is -0.311 e. The predicted octanol–water partition coefficient (Wildman–Crippen LogP) is 3.93. The third-order valence-electron chi connectivity index (χ3n) is 3.63. The first-order valence-electron chi connectivity index (χ1n) is 6.88. The largest absolute Gasteiger partial charge is 0.311 e. The van der Waals surface area contributed by atoms with E-state index in [2.05, 4.69) is 26.1 Å². The van der Waals surface area contributed by atoms with E-state index in [4.69, 9.17) is 0 Å². The monoisotopic (exact) mass is 249 g/mol. The second kappa shape index (κ2) is 5.00. The van der Waals surface area contributed by atoms with Crippen molar-refractivity contribution in [3.63, 3.8) is 0 Å². The van der Waals surface area contributed by atoms with Crippen LogP contribution in [0.5, 0.6) is 0 Å². The molecule has 0 aliphatic carbocycles. The molecule has 0 aromatic heterocycles. The fraction of sp³-hybridized carbons (Fsp3) is 0.625. The van der Waals surface area contributed by atoms with Gasteiger partial charge in [-0.3, -0.25) is 0 Å².